The number of rotatable bonds is 27. The number of nitrogens with two attached hydrogens (primary N) is 1. The van der Waals surface area contributed by atoms with Crippen molar-refractivity contribution in [2.24, 2.45) is 5.73 Å². The molecular weight excluding hydrogens is 1340 g/mol. The smallest absolute Gasteiger partial charge is 0.254 e. The van der Waals surface area contributed by atoms with E-state index in [1.807, 2.05) is 77.2 Å². The summed E-state index contributed by atoms with van der Waals surface area (Å²) in [5.74, 6) is 0.0257. The Hall–Kier alpha value is -10.9. The van der Waals surface area contributed by atoms with Gasteiger partial charge in [0, 0.05) is 164 Å². The number of nitrogens with one attached hydrogen (secondary N) is 5. The van der Waals surface area contributed by atoms with E-state index in [2.05, 4.69) is 92.8 Å². The molecule has 14 rings (SSSR count). The van der Waals surface area contributed by atoms with Gasteiger partial charge in [0.2, 0.25) is 5.91 Å². The van der Waals surface area contributed by atoms with E-state index in [9.17, 15) is 24.0 Å². The van der Waals surface area contributed by atoms with E-state index in [0.29, 0.717) is 99.0 Å². The van der Waals surface area contributed by atoms with Crippen molar-refractivity contribution in [2.45, 2.75) is 143 Å². The van der Waals surface area contributed by atoms with Gasteiger partial charge in [0.25, 0.3) is 17.7 Å². The largest absolute Gasteiger partial charge is 0.496 e. The number of aryl methyl sites for hydroxylation is 4. The van der Waals surface area contributed by atoms with Crippen LogP contribution < -0.4 is 41.8 Å². The van der Waals surface area contributed by atoms with E-state index in [1.54, 1.807) is 67.7 Å². The quantitative estimate of drug-likeness (QED) is 0.0261. The molecule has 0 saturated carbocycles. The Morgan fingerprint density at radius 1 is 0.604 bits per heavy atom. The van der Waals surface area contributed by atoms with Crippen LogP contribution in [0.5, 0.6) is 11.5 Å². The van der Waals surface area contributed by atoms with E-state index in [0.717, 1.165) is 147 Å². The number of ether oxygens (including phenoxy) is 4. The third-order valence-electron chi connectivity index (χ3n) is 20.7. The molecule has 4 aliphatic heterocycles. The molecule has 106 heavy (non-hydrogen) atoms. The second-order valence-corrected chi connectivity index (χ2v) is 27.5. The van der Waals surface area contributed by atoms with Gasteiger partial charge >= 0.3 is 0 Å². The Bertz CT molecular complexity index is 4850. The Morgan fingerprint density at radius 3 is 1.71 bits per heavy atom. The summed E-state index contributed by atoms with van der Waals surface area (Å²) in [5.41, 5.74) is 21.5. The van der Waals surface area contributed by atoms with Gasteiger partial charge in [0.1, 0.15) is 17.8 Å². The summed E-state index contributed by atoms with van der Waals surface area (Å²) >= 11 is 0. The molecule has 0 radical (unpaired) electrons. The van der Waals surface area contributed by atoms with Crippen LogP contribution in [0.25, 0.3) is 44.3 Å². The summed E-state index contributed by atoms with van der Waals surface area (Å²) in [4.78, 5) is 79.8. The van der Waals surface area contributed by atoms with Gasteiger partial charge < -0.3 is 56.2 Å². The molecule has 4 aromatic heterocycles. The van der Waals surface area contributed by atoms with Crippen molar-refractivity contribution in [2.75, 3.05) is 64.4 Å². The van der Waals surface area contributed by atoms with Crippen LogP contribution in [-0.2, 0) is 68.1 Å². The maximum atomic E-state index is 14.5. The molecule has 0 aliphatic carbocycles. The van der Waals surface area contributed by atoms with Crippen molar-refractivity contribution < 1.29 is 42.9 Å². The number of piperazine rings is 1. The molecule has 550 valence electrons. The topological polar surface area (TPSA) is 276 Å². The maximum absolute atomic E-state index is 14.5. The van der Waals surface area contributed by atoms with Crippen LogP contribution >= 0.6 is 0 Å². The summed E-state index contributed by atoms with van der Waals surface area (Å²) in [6.07, 6.45) is 10.6. The average Bonchev–Trinajstić information content (AvgIpc) is 1.51. The number of likely N-dealkylation sites (tertiary alicyclic amines) is 1. The zero-order valence-electron chi connectivity index (χ0n) is 61.2. The summed E-state index contributed by atoms with van der Waals surface area (Å²) in [7, 11) is 3.29. The number of carbonyl (C=O) groups excluding carboxylic acids is 5. The number of pyridine rings is 2. The monoisotopic (exact) mass is 1430 g/mol. The van der Waals surface area contributed by atoms with Crippen molar-refractivity contribution >= 4 is 63.4 Å². The number of benzene rings is 6. The fourth-order valence-corrected chi connectivity index (χ4v) is 15.0. The highest BCUT2D eigenvalue weighted by atomic mass is 16.5. The number of carbonyl (C=O) groups is 5. The molecule has 0 spiro atoms. The molecule has 4 fully saturated rings. The standard InChI is InChI=1S/C44H52N8O4.C39H42N6O5/c1-4-39-37(41(49-33-14-16-56-17-15-33)38-25-48-52(5-2)42(38)50-39)24-47-44(54)32-11-7-10-31(20-32)43(53)46-22-28-12-13-40(55-3)36(19-28)30-9-6-8-29(18-30)26-51-27-34-21-35(51)23-45-34;1-4-34-33(36(42-30-14-16-50-17-15-30)32-21-41-45(5-2)38(32)43-34)23-44(39(48)29-11-7-10-28(20-29)37(40)47)22-25-12-13-35(49-3)31(19-25)27-9-6-8-26(18-27)24-46/h6-13,18-20,25,33-35,45H,4-5,14-17,21-24,26-27H2,1-3H3,(H,46,53)(H,47,54)(H,49,50);6-13,18-21,24,30H,4-5,14-17,22-23H2,1-3H3,(H2,40,47)(H,42,43)/t34-,35-;/m0./s1. The third kappa shape index (κ3) is 16.6. The zero-order valence-corrected chi connectivity index (χ0v) is 61.2. The highest BCUT2D eigenvalue weighted by Gasteiger charge is 2.37. The molecule has 4 aliphatic rings. The molecule has 23 heteroatoms. The van der Waals surface area contributed by atoms with E-state index in [1.165, 1.54) is 18.1 Å². The van der Waals surface area contributed by atoms with Crippen LogP contribution in [0.1, 0.15) is 151 Å². The van der Waals surface area contributed by atoms with Gasteiger partial charge in [-0.25, -0.2) is 19.3 Å². The molecule has 2 atom stereocenters. The molecule has 4 amide bonds. The first kappa shape index (κ1) is 73.5. The van der Waals surface area contributed by atoms with Crippen molar-refractivity contribution in [3.63, 3.8) is 0 Å². The first-order valence-corrected chi connectivity index (χ1v) is 37.0. The molecule has 4 saturated heterocycles. The highest BCUT2D eigenvalue weighted by molar-refractivity contribution is 6.01. The number of aromatic nitrogens is 6. The Labute approximate surface area is 617 Å². The summed E-state index contributed by atoms with van der Waals surface area (Å²) in [6, 6.07) is 42.8. The lowest BCUT2D eigenvalue weighted by Gasteiger charge is -2.29. The number of aldehydes is 1. The minimum Gasteiger partial charge on any atom is -0.496 e. The van der Waals surface area contributed by atoms with E-state index in [-0.39, 0.29) is 55.0 Å². The first-order chi connectivity index (χ1) is 51.7. The predicted octanol–water partition coefficient (Wildman–Crippen LogP) is 11.7. The number of primary amides is 1. The molecule has 0 unspecified atom stereocenters. The van der Waals surface area contributed by atoms with Gasteiger partial charge in [-0.1, -0.05) is 74.5 Å². The molecule has 6 aromatic carbocycles. The predicted molar refractivity (Wildman–Crippen MR) is 410 cm³/mol. The van der Waals surface area contributed by atoms with Gasteiger partial charge in [-0.2, -0.15) is 10.2 Å². The lowest BCUT2D eigenvalue weighted by molar-refractivity contribution is 0.0729. The molecule has 7 N–H and O–H groups in total. The minimum absolute atomic E-state index is 0.186. The number of amides is 4. The Morgan fingerprint density at radius 2 is 1.14 bits per heavy atom. The van der Waals surface area contributed by atoms with Gasteiger partial charge in [0.15, 0.2) is 11.3 Å². The Balaban J connectivity index is 0.000000189. The maximum Gasteiger partial charge on any atom is 0.254 e. The highest BCUT2D eigenvalue weighted by Crippen LogP contribution is 2.38. The normalized spacial score (nSPS) is 15.9. The first-order valence-electron chi connectivity index (χ1n) is 37.0. The fourth-order valence-electron chi connectivity index (χ4n) is 15.0. The minimum atomic E-state index is -0.609. The van der Waals surface area contributed by atoms with Crippen LogP contribution in [-0.4, -0.2) is 147 Å². The summed E-state index contributed by atoms with van der Waals surface area (Å²) < 4.78 is 26.5. The Kier molecular flexibility index (Phi) is 23.5. The number of hydrogen-bond donors (Lipinski definition) is 6. The molecule has 2 bridgehead atoms. The zero-order chi connectivity index (χ0) is 73.8. The van der Waals surface area contributed by atoms with Crippen molar-refractivity contribution in [3.8, 4) is 33.8 Å². The van der Waals surface area contributed by atoms with Crippen molar-refractivity contribution in [1.29, 1.82) is 0 Å². The summed E-state index contributed by atoms with van der Waals surface area (Å²) in [6.45, 7) is 16.6. The van der Waals surface area contributed by atoms with Crippen LogP contribution in [0.4, 0.5) is 11.4 Å². The number of fused-ring (bicyclic) bond motifs is 4. The second kappa shape index (κ2) is 33.9. The van der Waals surface area contributed by atoms with Gasteiger partial charge in [-0.05, 0) is 159 Å². The average molecular weight is 1430 g/mol. The number of methoxy groups -OCH3 is 2. The van der Waals surface area contributed by atoms with Gasteiger partial charge in [-0.15, -0.1) is 0 Å². The molecule has 23 nitrogen and oxygen atoms in total. The van der Waals surface area contributed by atoms with Crippen LogP contribution in [0.2, 0.25) is 0 Å². The number of nitrogens with zero attached hydrogens (tertiary/aromatic N) is 8. The fraction of sp³-hybridized carbons (Fsp3) is 0.361. The SMILES string of the molecule is CCc1nc2c(cnn2CC)c(NC2CCOCC2)c1CN(Cc1ccc(OC)c(-c2cccc(C=O)c2)c1)C(=O)c1cccc(C(N)=O)c1.CCc1nc2c(cnn2CC)c(NC2CCOCC2)c1CNC(=O)c1cccc(C(=O)NCc2ccc(OC)c(-c3cccc(CN4C[C@@H]5C[C@H]4CN5)c3)c2)c1. The summed E-state index contributed by atoms with van der Waals surface area (Å²) in [5, 5.41) is 28.4. The van der Waals surface area contributed by atoms with Crippen molar-refractivity contribution in [1.82, 2.24) is 55.3 Å². The van der Waals surface area contributed by atoms with Crippen molar-refractivity contribution in [3.05, 3.63) is 213 Å². The van der Waals surface area contributed by atoms with Crippen LogP contribution in [0.15, 0.2) is 146 Å². The lowest BCUT2D eigenvalue weighted by atomic mass is 9.99. The number of anilines is 2. The van der Waals surface area contributed by atoms with Gasteiger partial charge in [0.05, 0.1) is 55.3 Å². The molecule has 10 aromatic rings. The third-order valence-corrected chi connectivity index (χ3v) is 20.7. The number of hydrogen-bond acceptors (Lipinski definition) is 17. The van der Waals surface area contributed by atoms with Gasteiger partial charge in [-0.3, -0.25) is 28.9 Å². The second-order valence-electron chi connectivity index (χ2n) is 27.5. The van der Waals surface area contributed by atoms with E-state index < -0.39 is 5.91 Å². The molecular formula is C83H94N14O9. The van der Waals surface area contributed by atoms with Crippen LogP contribution in [0, 0.1) is 0 Å². The lowest BCUT2D eigenvalue weighted by Crippen LogP contribution is -2.42. The van der Waals surface area contributed by atoms with E-state index >= 15 is 0 Å². The van der Waals surface area contributed by atoms with E-state index in [4.69, 9.17) is 34.6 Å². The van der Waals surface area contributed by atoms with Crippen LogP contribution in [0.3, 0.4) is 0 Å². The molecule has 8 heterocycles.